The van der Waals surface area contributed by atoms with Crippen LogP contribution in [0.4, 0.5) is 0 Å². The van der Waals surface area contributed by atoms with E-state index in [-0.39, 0.29) is 0 Å². The lowest BCUT2D eigenvalue weighted by Gasteiger charge is -2.25. The third-order valence-electron chi connectivity index (χ3n) is 3.70. The minimum absolute atomic E-state index is 0.582. The molecule has 1 aliphatic heterocycles. The van der Waals surface area contributed by atoms with Gasteiger partial charge in [-0.1, -0.05) is 12.1 Å². The van der Waals surface area contributed by atoms with Crippen molar-refractivity contribution in [2.24, 2.45) is 5.92 Å². The van der Waals surface area contributed by atoms with E-state index in [0.717, 1.165) is 12.5 Å². The molecule has 0 bridgehead atoms. The van der Waals surface area contributed by atoms with Gasteiger partial charge in [0.2, 0.25) is 0 Å². The van der Waals surface area contributed by atoms with Crippen LogP contribution >= 0.6 is 11.8 Å². The smallest absolute Gasteiger partial charge is 0.0385 e. The fourth-order valence-corrected chi connectivity index (χ4v) is 3.24. The van der Waals surface area contributed by atoms with Crippen molar-refractivity contribution >= 4 is 11.8 Å². The van der Waals surface area contributed by atoms with Gasteiger partial charge in [-0.3, -0.25) is 4.90 Å². The first kappa shape index (κ1) is 12.9. The van der Waals surface area contributed by atoms with Crippen molar-refractivity contribution in [1.29, 1.82) is 0 Å². The van der Waals surface area contributed by atoms with Gasteiger partial charge in [0.25, 0.3) is 0 Å². The fraction of sp³-hybridized carbons (Fsp3) is 0.571. The van der Waals surface area contributed by atoms with E-state index in [9.17, 15) is 0 Å². The van der Waals surface area contributed by atoms with Gasteiger partial charge in [0, 0.05) is 10.9 Å². The molecule has 2 rings (SSSR count). The summed E-state index contributed by atoms with van der Waals surface area (Å²) in [7, 11) is 4.29. The van der Waals surface area contributed by atoms with Crippen LogP contribution in [-0.4, -0.2) is 38.3 Å². The van der Waals surface area contributed by atoms with Crippen molar-refractivity contribution in [2.75, 3.05) is 33.4 Å². The Bertz CT molecular complexity index is 348. The second-order valence-electron chi connectivity index (χ2n) is 4.81. The van der Waals surface area contributed by atoms with Crippen molar-refractivity contribution in [2.45, 2.75) is 17.4 Å². The SMILES string of the molecule is CNCC1CCN(C)C1c1ccc(SC)cc1. The first-order chi connectivity index (χ1) is 8.26. The Labute approximate surface area is 109 Å². The van der Waals surface area contributed by atoms with E-state index in [1.807, 2.05) is 7.05 Å². The predicted octanol–water partition coefficient (Wildman–Crippen LogP) is 2.62. The second kappa shape index (κ2) is 5.89. The molecule has 2 unspecified atom stereocenters. The van der Waals surface area contributed by atoms with Crippen LogP contribution in [0.15, 0.2) is 29.2 Å². The molecule has 1 aromatic rings. The molecule has 3 heteroatoms. The minimum Gasteiger partial charge on any atom is -0.319 e. The van der Waals surface area contributed by atoms with E-state index in [1.165, 1.54) is 23.4 Å². The maximum atomic E-state index is 3.32. The molecule has 2 nitrogen and oxygen atoms in total. The summed E-state index contributed by atoms with van der Waals surface area (Å²) >= 11 is 1.81. The van der Waals surface area contributed by atoms with E-state index in [4.69, 9.17) is 0 Å². The van der Waals surface area contributed by atoms with Crippen LogP contribution in [0.1, 0.15) is 18.0 Å². The molecule has 1 aliphatic rings. The van der Waals surface area contributed by atoms with Gasteiger partial charge in [0.1, 0.15) is 0 Å². The highest BCUT2D eigenvalue weighted by molar-refractivity contribution is 7.98. The highest BCUT2D eigenvalue weighted by atomic mass is 32.2. The molecule has 0 aromatic heterocycles. The molecule has 1 N–H and O–H groups in total. The average molecular weight is 250 g/mol. The molecular weight excluding hydrogens is 228 g/mol. The van der Waals surface area contributed by atoms with Crippen molar-refractivity contribution in [3.8, 4) is 0 Å². The van der Waals surface area contributed by atoms with Crippen molar-refractivity contribution in [1.82, 2.24) is 10.2 Å². The molecule has 1 saturated heterocycles. The van der Waals surface area contributed by atoms with Crippen LogP contribution in [0.3, 0.4) is 0 Å². The topological polar surface area (TPSA) is 15.3 Å². The highest BCUT2D eigenvalue weighted by Crippen LogP contribution is 2.36. The fourth-order valence-electron chi connectivity index (χ4n) is 2.83. The molecule has 1 fully saturated rings. The summed E-state index contributed by atoms with van der Waals surface area (Å²) in [6.45, 7) is 2.32. The van der Waals surface area contributed by atoms with E-state index < -0.39 is 0 Å². The van der Waals surface area contributed by atoms with E-state index in [0.29, 0.717) is 6.04 Å². The van der Waals surface area contributed by atoms with Gasteiger partial charge >= 0.3 is 0 Å². The van der Waals surface area contributed by atoms with Crippen LogP contribution in [0, 0.1) is 5.92 Å². The maximum Gasteiger partial charge on any atom is 0.0385 e. The minimum atomic E-state index is 0.582. The molecular formula is C14H22N2S. The van der Waals surface area contributed by atoms with Crippen LogP contribution in [-0.2, 0) is 0 Å². The zero-order chi connectivity index (χ0) is 12.3. The largest absolute Gasteiger partial charge is 0.319 e. The zero-order valence-corrected chi connectivity index (χ0v) is 11.8. The van der Waals surface area contributed by atoms with E-state index >= 15 is 0 Å². The number of nitrogens with one attached hydrogen (secondary N) is 1. The lowest BCUT2D eigenvalue weighted by atomic mass is 9.94. The van der Waals surface area contributed by atoms with E-state index in [1.54, 1.807) is 11.8 Å². The lowest BCUT2D eigenvalue weighted by molar-refractivity contribution is 0.274. The number of thioether (sulfide) groups is 1. The summed E-state index contributed by atoms with van der Waals surface area (Å²) in [5, 5.41) is 3.32. The lowest BCUT2D eigenvalue weighted by Crippen LogP contribution is -2.26. The molecule has 0 spiro atoms. The summed E-state index contributed by atoms with van der Waals surface area (Å²) in [6, 6.07) is 9.64. The number of hydrogen-bond donors (Lipinski definition) is 1. The molecule has 1 heterocycles. The van der Waals surface area contributed by atoms with Gasteiger partial charge in [-0.25, -0.2) is 0 Å². The van der Waals surface area contributed by atoms with Crippen molar-refractivity contribution < 1.29 is 0 Å². The van der Waals surface area contributed by atoms with Gasteiger partial charge in [0.15, 0.2) is 0 Å². The zero-order valence-electron chi connectivity index (χ0n) is 10.9. The van der Waals surface area contributed by atoms with Gasteiger partial charge in [-0.15, -0.1) is 11.8 Å². The summed E-state index contributed by atoms with van der Waals surface area (Å²) in [6.07, 6.45) is 3.42. The van der Waals surface area contributed by atoms with Gasteiger partial charge in [-0.2, -0.15) is 0 Å². The Balaban J connectivity index is 2.17. The Hall–Kier alpha value is -0.510. The van der Waals surface area contributed by atoms with Gasteiger partial charge in [-0.05, 0) is 63.5 Å². The number of rotatable bonds is 4. The van der Waals surface area contributed by atoms with Crippen molar-refractivity contribution in [3.63, 3.8) is 0 Å². The van der Waals surface area contributed by atoms with Gasteiger partial charge in [0.05, 0.1) is 0 Å². The average Bonchev–Trinajstić information content (AvgIpc) is 2.71. The summed E-state index contributed by atoms with van der Waals surface area (Å²) in [4.78, 5) is 3.83. The number of nitrogens with zero attached hydrogens (tertiary/aromatic N) is 1. The Morgan fingerprint density at radius 3 is 2.65 bits per heavy atom. The molecule has 0 amide bonds. The predicted molar refractivity (Wildman–Crippen MR) is 75.6 cm³/mol. The molecule has 17 heavy (non-hydrogen) atoms. The van der Waals surface area contributed by atoms with Crippen LogP contribution < -0.4 is 5.32 Å². The number of hydrogen-bond acceptors (Lipinski definition) is 3. The monoisotopic (exact) mass is 250 g/mol. The quantitative estimate of drug-likeness (QED) is 0.827. The first-order valence-corrected chi connectivity index (χ1v) is 7.47. The third kappa shape index (κ3) is 2.84. The normalized spacial score (nSPS) is 25.4. The highest BCUT2D eigenvalue weighted by Gasteiger charge is 2.32. The van der Waals surface area contributed by atoms with Crippen molar-refractivity contribution in [3.05, 3.63) is 29.8 Å². The molecule has 94 valence electrons. The Morgan fingerprint density at radius 1 is 1.35 bits per heavy atom. The maximum absolute atomic E-state index is 3.32. The van der Waals surface area contributed by atoms with Crippen LogP contribution in [0.5, 0.6) is 0 Å². The first-order valence-electron chi connectivity index (χ1n) is 6.25. The molecule has 2 atom stereocenters. The van der Waals surface area contributed by atoms with Crippen LogP contribution in [0.2, 0.25) is 0 Å². The molecule has 1 aromatic carbocycles. The number of benzene rings is 1. The third-order valence-corrected chi connectivity index (χ3v) is 4.44. The summed E-state index contributed by atoms with van der Waals surface area (Å²) in [5.74, 6) is 0.741. The molecule has 0 radical (unpaired) electrons. The Kier molecular flexibility index (Phi) is 4.48. The summed E-state index contributed by atoms with van der Waals surface area (Å²) in [5.41, 5.74) is 1.46. The summed E-state index contributed by atoms with van der Waals surface area (Å²) < 4.78 is 0. The van der Waals surface area contributed by atoms with Gasteiger partial charge < -0.3 is 5.32 Å². The standard InChI is InChI=1S/C14H22N2S/c1-15-10-12-8-9-16(2)14(12)11-4-6-13(17-3)7-5-11/h4-7,12,14-15H,8-10H2,1-3H3. The van der Waals surface area contributed by atoms with E-state index in [2.05, 4.69) is 47.8 Å². The number of likely N-dealkylation sites (tertiary alicyclic amines) is 1. The molecule has 0 aliphatic carbocycles. The second-order valence-corrected chi connectivity index (χ2v) is 5.68. The molecule has 0 saturated carbocycles. The van der Waals surface area contributed by atoms with Crippen LogP contribution in [0.25, 0.3) is 0 Å². The Morgan fingerprint density at radius 2 is 2.06 bits per heavy atom.